The maximum atomic E-state index is 11.3. The number of hydrogen-bond acceptors (Lipinski definition) is 6. The molecule has 2 aromatic heterocycles. The highest BCUT2D eigenvalue weighted by Gasteiger charge is 2.07. The molecule has 0 aromatic carbocycles. The van der Waals surface area contributed by atoms with Crippen molar-refractivity contribution < 1.29 is 9.53 Å². The lowest BCUT2D eigenvalue weighted by molar-refractivity contribution is -0.143. The summed E-state index contributed by atoms with van der Waals surface area (Å²) in [5, 5.41) is 6.23. The van der Waals surface area contributed by atoms with Gasteiger partial charge in [0.2, 0.25) is 0 Å². The van der Waals surface area contributed by atoms with Crippen LogP contribution < -0.4 is 5.32 Å². The second kappa shape index (κ2) is 7.56. The van der Waals surface area contributed by atoms with Crippen LogP contribution in [0.4, 0.5) is 5.13 Å². The average molecular weight is 324 g/mol. The minimum absolute atomic E-state index is 0.162. The predicted octanol–water partition coefficient (Wildman–Crippen LogP) is 3.93. The Morgan fingerprint density at radius 1 is 1.43 bits per heavy atom. The maximum absolute atomic E-state index is 11.3. The quantitative estimate of drug-likeness (QED) is 0.784. The van der Waals surface area contributed by atoms with Crippen LogP contribution in [0.3, 0.4) is 0 Å². The van der Waals surface area contributed by atoms with E-state index < -0.39 is 0 Å². The van der Waals surface area contributed by atoms with Gasteiger partial charge in [-0.05, 0) is 32.4 Å². The van der Waals surface area contributed by atoms with Gasteiger partial charge >= 0.3 is 5.97 Å². The second-order valence-electron chi connectivity index (χ2n) is 4.75. The van der Waals surface area contributed by atoms with Gasteiger partial charge in [-0.2, -0.15) is 0 Å². The zero-order valence-electron chi connectivity index (χ0n) is 12.6. The highest BCUT2D eigenvalue weighted by atomic mass is 32.1. The van der Waals surface area contributed by atoms with Gasteiger partial charge in [-0.15, -0.1) is 22.7 Å². The molecule has 0 fully saturated rings. The number of ether oxygens (including phenoxy) is 1. The third-order valence-electron chi connectivity index (χ3n) is 3.07. The molecule has 2 heterocycles. The van der Waals surface area contributed by atoms with Crippen LogP contribution in [0.5, 0.6) is 0 Å². The Morgan fingerprint density at radius 2 is 2.24 bits per heavy atom. The zero-order chi connectivity index (χ0) is 15.2. The Bertz CT molecular complexity index is 585. The van der Waals surface area contributed by atoms with Gasteiger partial charge in [0, 0.05) is 21.6 Å². The summed E-state index contributed by atoms with van der Waals surface area (Å²) in [7, 11) is 0. The highest BCUT2D eigenvalue weighted by molar-refractivity contribution is 7.14. The fraction of sp³-hybridized carbons (Fsp3) is 0.467. The van der Waals surface area contributed by atoms with Crippen LogP contribution in [0.2, 0.25) is 0 Å². The van der Waals surface area contributed by atoms with Crippen LogP contribution in [0, 0.1) is 13.8 Å². The number of hydrogen-bond donors (Lipinski definition) is 1. The summed E-state index contributed by atoms with van der Waals surface area (Å²) in [6.07, 6.45) is 1.02. The largest absolute Gasteiger partial charge is 0.466 e. The minimum atomic E-state index is -0.162. The molecule has 4 nitrogen and oxygen atoms in total. The zero-order valence-corrected chi connectivity index (χ0v) is 14.2. The molecule has 0 saturated carbocycles. The molecule has 0 saturated heterocycles. The lowest BCUT2D eigenvalue weighted by atomic mass is 10.2. The number of thiazole rings is 1. The molecule has 0 radical (unpaired) electrons. The van der Waals surface area contributed by atoms with E-state index in [-0.39, 0.29) is 5.97 Å². The number of aromatic nitrogens is 1. The normalized spacial score (nSPS) is 10.6. The second-order valence-corrected chi connectivity index (χ2v) is 6.95. The number of anilines is 1. The summed E-state index contributed by atoms with van der Waals surface area (Å²) >= 11 is 3.39. The monoisotopic (exact) mass is 324 g/mol. The van der Waals surface area contributed by atoms with Crippen LogP contribution in [0.25, 0.3) is 0 Å². The van der Waals surface area contributed by atoms with Crippen LogP contribution in [0.1, 0.15) is 34.4 Å². The van der Waals surface area contributed by atoms with Crippen molar-refractivity contribution in [3.05, 3.63) is 32.5 Å². The van der Waals surface area contributed by atoms with Crippen LogP contribution in [0.15, 0.2) is 11.4 Å². The molecule has 0 spiro atoms. The molecule has 0 atom stereocenters. The molecule has 0 aliphatic rings. The molecule has 6 heteroatoms. The van der Waals surface area contributed by atoms with E-state index in [1.807, 2.05) is 23.6 Å². The molecule has 0 aliphatic heterocycles. The third kappa shape index (κ3) is 4.82. The molecular formula is C15H20N2O2S2. The van der Waals surface area contributed by atoms with Crippen LogP contribution in [-0.2, 0) is 22.5 Å². The Labute approximate surface area is 133 Å². The summed E-state index contributed by atoms with van der Waals surface area (Å²) in [5.74, 6) is -0.162. The lowest BCUT2D eigenvalue weighted by Crippen LogP contribution is -2.05. The van der Waals surface area contributed by atoms with Crippen LogP contribution >= 0.6 is 22.7 Å². The molecule has 2 rings (SSSR count). The van der Waals surface area contributed by atoms with Gasteiger partial charge in [-0.25, -0.2) is 4.98 Å². The van der Waals surface area contributed by atoms with Gasteiger partial charge in [-0.3, -0.25) is 4.79 Å². The summed E-state index contributed by atoms with van der Waals surface area (Å²) in [6.45, 7) is 7.32. The Balaban J connectivity index is 1.81. The molecule has 1 N–H and O–H groups in total. The van der Waals surface area contributed by atoms with Gasteiger partial charge < -0.3 is 10.1 Å². The molecule has 0 unspecified atom stereocenters. The molecular weight excluding hydrogens is 304 g/mol. The van der Waals surface area contributed by atoms with Gasteiger partial charge in [0.05, 0.1) is 25.3 Å². The molecule has 114 valence electrons. The van der Waals surface area contributed by atoms with E-state index in [1.165, 1.54) is 15.3 Å². The van der Waals surface area contributed by atoms with Crippen molar-refractivity contribution in [1.29, 1.82) is 0 Å². The Morgan fingerprint density at radius 3 is 2.90 bits per heavy atom. The van der Waals surface area contributed by atoms with E-state index in [9.17, 15) is 4.79 Å². The topological polar surface area (TPSA) is 51.2 Å². The van der Waals surface area contributed by atoms with Crippen molar-refractivity contribution in [2.45, 2.75) is 40.2 Å². The first-order valence-corrected chi connectivity index (χ1v) is 8.68. The van der Waals surface area contributed by atoms with E-state index >= 15 is 0 Å². The standard InChI is InChI=1S/C15H20N2O2S2/c1-4-19-14(18)6-5-12-9-20-15(17-12)16-8-13-7-10(2)11(3)21-13/h7,9H,4-6,8H2,1-3H3,(H,16,17). The number of nitrogens with one attached hydrogen (secondary N) is 1. The minimum Gasteiger partial charge on any atom is -0.466 e. The summed E-state index contributed by atoms with van der Waals surface area (Å²) < 4.78 is 4.91. The van der Waals surface area contributed by atoms with E-state index in [1.54, 1.807) is 11.3 Å². The number of nitrogens with zero attached hydrogens (tertiary/aromatic N) is 1. The number of aryl methyl sites for hydroxylation is 3. The van der Waals surface area contributed by atoms with Crippen molar-refractivity contribution in [3.8, 4) is 0 Å². The van der Waals surface area contributed by atoms with Crippen molar-refractivity contribution in [1.82, 2.24) is 4.98 Å². The number of carbonyl (C=O) groups is 1. The fourth-order valence-corrected chi connectivity index (χ4v) is 3.60. The molecule has 0 amide bonds. The fourth-order valence-electron chi connectivity index (χ4n) is 1.87. The summed E-state index contributed by atoms with van der Waals surface area (Å²) in [6, 6.07) is 2.21. The van der Waals surface area contributed by atoms with E-state index in [4.69, 9.17) is 4.74 Å². The van der Waals surface area contributed by atoms with Gasteiger partial charge in [-0.1, -0.05) is 0 Å². The lowest BCUT2D eigenvalue weighted by Gasteiger charge is -2.00. The maximum Gasteiger partial charge on any atom is 0.306 e. The Hall–Kier alpha value is -1.40. The van der Waals surface area contributed by atoms with E-state index in [0.717, 1.165) is 17.4 Å². The predicted molar refractivity (Wildman–Crippen MR) is 88.2 cm³/mol. The SMILES string of the molecule is CCOC(=O)CCc1csc(NCc2cc(C)c(C)s2)n1. The first-order chi connectivity index (χ1) is 10.1. The van der Waals surface area contributed by atoms with Crippen molar-refractivity contribution in [3.63, 3.8) is 0 Å². The first kappa shape index (κ1) is 16.0. The summed E-state index contributed by atoms with van der Waals surface area (Å²) in [4.78, 5) is 18.5. The average Bonchev–Trinajstić information content (AvgIpc) is 3.02. The molecule has 0 aliphatic carbocycles. The van der Waals surface area contributed by atoms with Gasteiger partial charge in [0.25, 0.3) is 0 Å². The smallest absolute Gasteiger partial charge is 0.306 e. The third-order valence-corrected chi connectivity index (χ3v) is 5.07. The molecule has 21 heavy (non-hydrogen) atoms. The van der Waals surface area contributed by atoms with Crippen molar-refractivity contribution in [2.24, 2.45) is 0 Å². The van der Waals surface area contributed by atoms with Crippen molar-refractivity contribution in [2.75, 3.05) is 11.9 Å². The van der Waals surface area contributed by atoms with E-state index in [0.29, 0.717) is 19.4 Å². The Kier molecular flexibility index (Phi) is 5.76. The van der Waals surface area contributed by atoms with Crippen LogP contribution in [-0.4, -0.2) is 17.6 Å². The number of rotatable bonds is 7. The van der Waals surface area contributed by atoms with Gasteiger partial charge in [0.15, 0.2) is 5.13 Å². The number of thiophene rings is 1. The molecule has 2 aromatic rings. The van der Waals surface area contributed by atoms with Gasteiger partial charge in [0.1, 0.15) is 0 Å². The van der Waals surface area contributed by atoms with E-state index in [2.05, 4.69) is 30.2 Å². The number of esters is 1. The number of carbonyl (C=O) groups excluding carboxylic acids is 1. The first-order valence-electron chi connectivity index (χ1n) is 6.98. The highest BCUT2D eigenvalue weighted by Crippen LogP contribution is 2.23. The van der Waals surface area contributed by atoms with Crippen molar-refractivity contribution >= 4 is 33.8 Å². The summed E-state index contributed by atoms with van der Waals surface area (Å²) in [5.41, 5.74) is 2.28. The molecule has 0 bridgehead atoms.